The van der Waals surface area contributed by atoms with E-state index in [1.807, 2.05) is 4.90 Å². The number of nitrogens with zero attached hydrogens (tertiary/aromatic N) is 3. The van der Waals surface area contributed by atoms with E-state index in [9.17, 15) is 4.39 Å². The van der Waals surface area contributed by atoms with Crippen LogP contribution in [0.5, 0.6) is 0 Å². The van der Waals surface area contributed by atoms with Gasteiger partial charge in [0.1, 0.15) is 18.3 Å². The Morgan fingerprint density at radius 2 is 2.19 bits per heavy atom. The van der Waals surface area contributed by atoms with E-state index in [-0.39, 0.29) is 5.71 Å². The van der Waals surface area contributed by atoms with Gasteiger partial charge in [-0.1, -0.05) is 6.07 Å². The molecule has 8 heteroatoms. The van der Waals surface area contributed by atoms with E-state index >= 15 is 0 Å². The predicted molar refractivity (Wildman–Crippen MR) is 106 cm³/mol. The monoisotopic (exact) mass is 367 g/mol. The highest BCUT2D eigenvalue weighted by molar-refractivity contribution is 6.15. The van der Waals surface area contributed by atoms with E-state index in [1.165, 1.54) is 12.5 Å². The van der Waals surface area contributed by atoms with Crippen LogP contribution in [-0.2, 0) is 0 Å². The third-order valence-electron chi connectivity index (χ3n) is 4.47. The molecule has 0 aliphatic carbocycles. The minimum absolute atomic E-state index is 0.155. The molecule has 0 spiro atoms. The Kier molecular flexibility index (Phi) is 5.44. The Morgan fingerprint density at radius 1 is 1.37 bits per heavy atom. The van der Waals surface area contributed by atoms with Gasteiger partial charge >= 0.3 is 0 Å². The number of nitrogen functional groups attached to an aromatic ring is 1. The highest BCUT2D eigenvalue weighted by atomic mass is 19.1. The Balaban J connectivity index is 1.94. The molecule has 1 saturated heterocycles. The Hall–Kier alpha value is -3.29. The summed E-state index contributed by atoms with van der Waals surface area (Å²) in [6.07, 6.45) is 3.95. The summed E-state index contributed by atoms with van der Waals surface area (Å²) >= 11 is 0. The van der Waals surface area contributed by atoms with Gasteiger partial charge in [0, 0.05) is 48.9 Å². The van der Waals surface area contributed by atoms with Crippen molar-refractivity contribution in [3.8, 4) is 0 Å². The molecule has 1 fully saturated rings. The second-order valence-electron chi connectivity index (χ2n) is 6.30. The lowest BCUT2D eigenvalue weighted by molar-refractivity contribution is 0.364. The van der Waals surface area contributed by atoms with Crippen LogP contribution >= 0.6 is 0 Å². The fourth-order valence-electron chi connectivity index (χ4n) is 3.04. The molecule has 1 aromatic heterocycles. The van der Waals surface area contributed by atoms with Crippen LogP contribution in [0.4, 0.5) is 15.9 Å². The minimum Gasteiger partial charge on any atom is -0.398 e. The first-order chi connectivity index (χ1) is 13.0. The SMILES string of the molecule is CN/C=C(\C=N)c1ccc(N)c(C(=N)c2cc(N3CC[C@@H](F)C3)ncn2)c1. The molecule has 2 aromatic rings. The maximum absolute atomic E-state index is 13.5. The number of aromatic nitrogens is 2. The van der Waals surface area contributed by atoms with E-state index in [4.69, 9.17) is 16.6 Å². The number of rotatable bonds is 6. The Morgan fingerprint density at radius 3 is 2.85 bits per heavy atom. The molecule has 1 aromatic carbocycles. The maximum atomic E-state index is 13.5. The zero-order chi connectivity index (χ0) is 19.4. The fraction of sp³-hybridized carbons (Fsp3) is 0.263. The van der Waals surface area contributed by atoms with Crippen molar-refractivity contribution in [2.24, 2.45) is 0 Å². The van der Waals surface area contributed by atoms with Crippen molar-refractivity contribution in [3.63, 3.8) is 0 Å². The van der Waals surface area contributed by atoms with Crippen LogP contribution in [0.25, 0.3) is 5.57 Å². The molecule has 0 bridgehead atoms. The molecular weight excluding hydrogens is 345 g/mol. The van der Waals surface area contributed by atoms with Gasteiger partial charge in [0.05, 0.1) is 18.0 Å². The molecule has 0 radical (unpaired) electrons. The number of hydrogen-bond donors (Lipinski definition) is 4. The van der Waals surface area contributed by atoms with Crippen molar-refractivity contribution >= 4 is 29.0 Å². The van der Waals surface area contributed by atoms with Gasteiger partial charge in [0.25, 0.3) is 0 Å². The summed E-state index contributed by atoms with van der Waals surface area (Å²) in [4.78, 5) is 10.3. The average Bonchev–Trinajstić information content (AvgIpc) is 3.12. The van der Waals surface area contributed by atoms with E-state index in [0.717, 1.165) is 5.56 Å². The highest BCUT2D eigenvalue weighted by Gasteiger charge is 2.23. The van der Waals surface area contributed by atoms with E-state index in [0.29, 0.717) is 47.8 Å². The number of hydrogen-bond acceptors (Lipinski definition) is 7. The van der Waals surface area contributed by atoms with Gasteiger partial charge in [-0.25, -0.2) is 14.4 Å². The van der Waals surface area contributed by atoms with E-state index in [2.05, 4.69) is 15.3 Å². The molecule has 0 saturated carbocycles. The largest absolute Gasteiger partial charge is 0.398 e. The lowest BCUT2D eigenvalue weighted by Crippen LogP contribution is -2.22. The molecule has 7 nitrogen and oxygen atoms in total. The number of halogens is 1. The van der Waals surface area contributed by atoms with Gasteiger partial charge in [-0.2, -0.15) is 0 Å². The molecule has 1 atom stereocenters. The van der Waals surface area contributed by atoms with Gasteiger partial charge in [-0.3, -0.25) is 5.41 Å². The lowest BCUT2D eigenvalue weighted by atomic mass is 9.98. The number of benzene rings is 1. The topological polar surface area (TPSA) is 115 Å². The van der Waals surface area contributed by atoms with Crippen LogP contribution in [0.1, 0.15) is 23.2 Å². The predicted octanol–water partition coefficient (Wildman–Crippen LogP) is 2.23. The third-order valence-corrected chi connectivity index (χ3v) is 4.47. The summed E-state index contributed by atoms with van der Waals surface area (Å²) in [7, 11) is 1.76. The standard InChI is InChI=1S/C19H22FN7/c1-24-9-13(8-21)12-2-3-16(22)15(6-12)19(23)17-7-18(26-11-25-17)27-5-4-14(20)10-27/h2-3,6-9,11,14,21,23-24H,4-5,10,22H2,1H3/b13-9+,21-8?,23-19?/t14-/m1/s1. The van der Waals surface area contributed by atoms with Crippen LogP contribution in [0.15, 0.2) is 36.8 Å². The number of allylic oxidation sites excluding steroid dienone is 1. The number of nitrogens with one attached hydrogen (secondary N) is 3. The molecule has 1 aliphatic heterocycles. The summed E-state index contributed by atoms with van der Waals surface area (Å²) in [6.45, 7) is 0.902. The quantitative estimate of drug-likeness (QED) is 0.462. The van der Waals surface area contributed by atoms with Crippen molar-refractivity contribution in [3.05, 3.63) is 53.6 Å². The van der Waals surface area contributed by atoms with Crippen molar-refractivity contribution in [2.75, 3.05) is 30.8 Å². The third kappa shape index (κ3) is 3.94. The Bertz CT molecular complexity index is 893. The van der Waals surface area contributed by atoms with Gasteiger partial charge in [-0.05, 0) is 24.1 Å². The first-order valence-electron chi connectivity index (χ1n) is 8.61. The lowest BCUT2D eigenvalue weighted by Gasteiger charge is -2.17. The van der Waals surface area contributed by atoms with Crippen molar-refractivity contribution in [1.82, 2.24) is 15.3 Å². The summed E-state index contributed by atoms with van der Waals surface area (Å²) in [6, 6.07) is 6.97. The van der Waals surface area contributed by atoms with E-state index < -0.39 is 6.17 Å². The fourth-order valence-corrected chi connectivity index (χ4v) is 3.04. The molecule has 0 unspecified atom stereocenters. The number of nitrogens with two attached hydrogens (primary N) is 1. The molecule has 5 N–H and O–H groups in total. The molecule has 0 amide bonds. The van der Waals surface area contributed by atoms with Gasteiger partial charge in [0.15, 0.2) is 0 Å². The highest BCUT2D eigenvalue weighted by Crippen LogP contribution is 2.24. The summed E-state index contributed by atoms with van der Waals surface area (Å²) < 4.78 is 13.5. The van der Waals surface area contributed by atoms with Gasteiger partial charge in [0.2, 0.25) is 0 Å². The molecule has 1 aliphatic rings. The van der Waals surface area contributed by atoms with Crippen LogP contribution < -0.4 is 16.0 Å². The average molecular weight is 367 g/mol. The zero-order valence-electron chi connectivity index (χ0n) is 15.0. The van der Waals surface area contributed by atoms with Crippen LogP contribution in [0.3, 0.4) is 0 Å². The van der Waals surface area contributed by atoms with Crippen molar-refractivity contribution < 1.29 is 4.39 Å². The van der Waals surface area contributed by atoms with Gasteiger partial charge < -0.3 is 21.4 Å². The number of alkyl halides is 1. The zero-order valence-corrected chi connectivity index (χ0v) is 15.0. The molecular formula is C19H22FN7. The number of anilines is 2. The van der Waals surface area contributed by atoms with Crippen molar-refractivity contribution in [1.29, 1.82) is 10.8 Å². The van der Waals surface area contributed by atoms with Crippen LogP contribution in [-0.4, -0.2) is 48.2 Å². The molecule has 3 rings (SSSR count). The van der Waals surface area contributed by atoms with Gasteiger partial charge in [-0.15, -0.1) is 0 Å². The first-order valence-corrected chi connectivity index (χ1v) is 8.61. The summed E-state index contributed by atoms with van der Waals surface area (Å²) in [5, 5.41) is 19.0. The Labute approximate surface area is 157 Å². The molecule has 140 valence electrons. The first kappa shape index (κ1) is 18.5. The minimum atomic E-state index is -0.853. The summed E-state index contributed by atoms with van der Waals surface area (Å²) in [5.41, 5.74) is 9.06. The van der Waals surface area contributed by atoms with Crippen molar-refractivity contribution in [2.45, 2.75) is 12.6 Å². The normalized spacial score (nSPS) is 17.0. The smallest absolute Gasteiger partial charge is 0.132 e. The molecule has 27 heavy (non-hydrogen) atoms. The van der Waals surface area contributed by atoms with E-state index in [1.54, 1.807) is 37.5 Å². The maximum Gasteiger partial charge on any atom is 0.132 e. The second kappa shape index (κ2) is 7.94. The van der Waals surface area contributed by atoms with Crippen LogP contribution in [0, 0.1) is 10.8 Å². The van der Waals surface area contributed by atoms with Crippen LogP contribution in [0.2, 0.25) is 0 Å². The second-order valence-corrected chi connectivity index (χ2v) is 6.30. The molecule has 2 heterocycles. The summed E-state index contributed by atoms with van der Waals surface area (Å²) in [5.74, 6) is 0.606.